The highest BCUT2D eigenvalue weighted by Gasteiger charge is 1.88. The van der Waals surface area contributed by atoms with Crippen molar-refractivity contribution in [2.24, 2.45) is 0 Å². The molecule has 1 unspecified atom stereocenters. The molecule has 0 aromatic rings. The van der Waals surface area contributed by atoms with Crippen molar-refractivity contribution in [2.45, 2.75) is 26.4 Å². The molecular formula is C8H20O2. The Morgan fingerprint density at radius 1 is 1.40 bits per heavy atom. The first-order valence-corrected chi connectivity index (χ1v) is 3.28. The molecule has 1 N–H and O–H groups in total. The first kappa shape index (κ1) is 16.3. The molecule has 0 radical (unpaired) electrons. The molecule has 0 heterocycles. The highest BCUT2D eigenvalue weighted by molar-refractivity contribution is 4.38. The Bertz CT molecular complexity index is 34.2. The molecular weight excluding hydrogens is 128 g/mol. The molecule has 10 heavy (non-hydrogen) atoms. The summed E-state index contributed by atoms with van der Waals surface area (Å²) in [5, 5.41) is 7.00. The normalized spacial score (nSPS) is 9.70. The summed E-state index contributed by atoms with van der Waals surface area (Å²) in [5.74, 6) is 0. The maximum Gasteiger partial charge on any atom is 0.0540 e. The van der Waals surface area contributed by atoms with Crippen LogP contribution in [0.4, 0.5) is 0 Å². The third kappa shape index (κ3) is 25.4. The van der Waals surface area contributed by atoms with Crippen LogP contribution in [0.2, 0.25) is 0 Å². The van der Waals surface area contributed by atoms with Crippen molar-refractivity contribution < 1.29 is 9.84 Å². The molecule has 0 aliphatic heterocycles. The Labute approximate surface area is 64.5 Å². The molecule has 0 aliphatic carbocycles. The predicted octanol–water partition coefficient (Wildman–Crippen LogP) is 1.84. The highest BCUT2D eigenvalue weighted by Crippen LogP contribution is 1.89. The van der Waals surface area contributed by atoms with E-state index in [0.717, 1.165) is 13.5 Å². The Hall–Kier alpha value is -0.340. The van der Waals surface area contributed by atoms with E-state index in [9.17, 15) is 0 Å². The second-order valence-corrected chi connectivity index (χ2v) is 1.45. The summed E-state index contributed by atoms with van der Waals surface area (Å²) in [6.45, 7) is 10.2. The Morgan fingerprint density at radius 3 is 1.70 bits per heavy atom. The van der Waals surface area contributed by atoms with Gasteiger partial charge in [0.1, 0.15) is 0 Å². The molecule has 2 heteroatoms. The average molecular weight is 148 g/mol. The van der Waals surface area contributed by atoms with Crippen LogP contribution < -0.4 is 0 Å². The Kier molecular flexibility index (Phi) is 38.2. The number of ether oxygens (including phenoxy) is 1. The lowest BCUT2D eigenvalue weighted by atomic mass is 10.3. The molecule has 2 nitrogen and oxygen atoms in total. The zero-order chi connectivity index (χ0) is 8.99. The molecule has 1 atom stereocenters. The van der Waals surface area contributed by atoms with E-state index in [4.69, 9.17) is 9.84 Å². The zero-order valence-corrected chi connectivity index (χ0v) is 7.55. The molecule has 0 spiro atoms. The number of aliphatic hydroxyl groups is 1. The zero-order valence-electron chi connectivity index (χ0n) is 7.55. The highest BCUT2D eigenvalue weighted by atomic mass is 16.5. The van der Waals surface area contributed by atoms with Gasteiger partial charge in [-0.3, -0.25) is 0 Å². The minimum Gasteiger partial charge on any atom is -0.400 e. The number of methoxy groups -OCH3 is 1. The summed E-state index contributed by atoms with van der Waals surface area (Å²) < 4.78 is 4.90. The largest absolute Gasteiger partial charge is 0.400 e. The van der Waals surface area contributed by atoms with Crippen molar-refractivity contribution >= 4 is 0 Å². The van der Waals surface area contributed by atoms with Crippen LogP contribution in [-0.4, -0.2) is 25.4 Å². The lowest BCUT2D eigenvalue weighted by Gasteiger charge is -2.01. The van der Waals surface area contributed by atoms with Gasteiger partial charge in [0.15, 0.2) is 0 Å². The predicted molar refractivity (Wildman–Crippen MR) is 46.2 cm³/mol. The maximum absolute atomic E-state index is 7.00. The van der Waals surface area contributed by atoms with Gasteiger partial charge in [0.2, 0.25) is 0 Å². The smallest absolute Gasteiger partial charge is 0.0540 e. The van der Waals surface area contributed by atoms with Gasteiger partial charge in [-0.05, 0) is 13.3 Å². The summed E-state index contributed by atoms with van der Waals surface area (Å²) in [6.07, 6.45) is 1.54. The second-order valence-electron chi connectivity index (χ2n) is 1.45. The molecule has 0 amide bonds. The second kappa shape index (κ2) is 23.4. The maximum atomic E-state index is 7.00. The van der Waals surface area contributed by atoms with E-state index in [1.165, 1.54) is 0 Å². The summed E-state index contributed by atoms with van der Waals surface area (Å²) in [6, 6.07) is 0. The van der Waals surface area contributed by atoms with Gasteiger partial charge in [0.05, 0.1) is 6.10 Å². The first-order chi connectivity index (χ1) is 4.81. The molecule has 0 saturated carbocycles. The molecule has 0 aromatic heterocycles. The van der Waals surface area contributed by atoms with Crippen LogP contribution >= 0.6 is 0 Å². The molecule has 0 saturated heterocycles. The average Bonchev–Trinajstić information content (AvgIpc) is 2.10. The lowest BCUT2D eigenvalue weighted by molar-refractivity contribution is 0.115. The molecule has 0 aliphatic rings. The molecule has 64 valence electrons. The van der Waals surface area contributed by atoms with E-state index in [1.807, 2.05) is 0 Å². The van der Waals surface area contributed by atoms with Crippen LogP contribution in [0, 0.1) is 0 Å². The van der Waals surface area contributed by atoms with Crippen molar-refractivity contribution in [1.82, 2.24) is 0 Å². The van der Waals surface area contributed by atoms with Gasteiger partial charge in [-0.1, -0.05) is 6.92 Å². The van der Waals surface area contributed by atoms with E-state index in [2.05, 4.69) is 27.0 Å². The van der Waals surface area contributed by atoms with Crippen LogP contribution in [0.5, 0.6) is 0 Å². The van der Waals surface area contributed by atoms with E-state index in [-0.39, 0.29) is 0 Å². The van der Waals surface area contributed by atoms with Gasteiger partial charge in [0, 0.05) is 14.2 Å². The minimum absolute atomic E-state index is 0.435. The number of aliphatic hydroxyl groups excluding tert-OH is 1. The fourth-order valence-electron chi connectivity index (χ4n) is 0.167. The van der Waals surface area contributed by atoms with Crippen molar-refractivity contribution in [3.63, 3.8) is 0 Å². The summed E-state index contributed by atoms with van der Waals surface area (Å²) in [4.78, 5) is 0. The fourth-order valence-corrected chi connectivity index (χ4v) is 0.167. The molecule has 0 rings (SSSR count). The van der Waals surface area contributed by atoms with Crippen molar-refractivity contribution in [3.8, 4) is 0 Å². The van der Waals surface area contributed by atoms with Crippen LogP contribution in [0.15, 0.2) is 13.2 Å². The van der Waals surface area contributed by atoms with Gasteiger partial charge in [-0.25, -0.2) is 0 Å². The van der Waals surface area contributed by atoms with E-state index >= 15 is 0 Å². The van der Waals surface area contributed by atoms with Gasteiger partial charge in [-0.15, -0.1) is 13.2 Å². The standard InChI is InChI=1S/C5H12O.C2H4.CH4O/c1-4-5(2)6-3;2*1-2/h5H,4H2,1-3H3;1-2H2;2H,1H3. The molecule has 0 bridgehead atoms. The van der Waals surface area contributed by atoms with Gasteiger partial charge >= 0.3 is 0 Å². The van der Waals surface area contributed by atoms with Gasteiger partial charge < -0.3 is 9.84 Å². The minimum atomic E-state index is 0.435. The number of rotatable bonds is 2. The fraction of sp³-hybridized carbons (Fsp3) is 0.750. The van der Waals surface area contributed by atoms with Gasteiger partial charge in [-0.2, -0.15) is 0 Å². The van der Waals surface area contributed by atoms with Gasteiger partial charge in [0.25, 0.3) is 0 Å². The van der Waals surface area contributed by atoms with Crippen molar-refractivity contribution in [1.29, 1.82) is 0 Å². The van der Waals surface area contributed by atoms with Crippen LogP contribution in [0.1, 0.15) is 20.3 Å². The third-order valence-corrected chi connectivity index (χ3v) is 0.977. The van der Waals surface area contributed by atoms with E-state index in [0.29, 0.717) is 6.10 Å². The lowest BCUT2D eigenvalue weighted by Crippen LogP contribution is -2.00. The third-order valence-electron chi connectivity index (χ3n) is 0.977. The van der Waals surface area contributed by atoms with E-state index in [1.54, 1.807) is 7.11 Å². The summed E-state index contributed by atoms with van der Waals surface area (Å²) >= 11 is 0. The summed E-state index contributed by atoms with van der Waals surface area (Å²) in [5.41, 5.74) is 0. The van der Waals surface area contributed by atoms with Crippen molar-refractivity contribution in [2.75, 3.05) is 14.2 Å². The first-order valence-electron chi connectivity index (χ1n) is 3.28. The van der Waals surface area contributed by atoms with E-state index < -0.39 is 0 Å². The number of hydrogen-bond acceptors (Lipinski definition) is 2. The summed E-state index contributed by atoms with van der Waals surface area (Å²) in [7, 11) is 2.73. The van der Waals surface area contributed by atoms with Crippen LogP contribution in [-0.2, 0) is 4.74 Å². The number of hydrogen-bond donors (Lipinski definition) is 1. The Morgan fingerprint density at radius 2 is 1.70 bits per heavy atom. The van der Waals surface area contributed by atoms with Crippen LogP contribution in [0.25, 0.3) is 0 Å². The SMILES string of the molecule is C=C.CCC(C)OC.CO. The quantitative estimate of drug-likeness (QED) is 0.605. The van der Waals surface area contributed by atoms with Crippen molar-refractivity contribution in [3.05, 3.63) is 13.2 Å². The Balaban J connectivity index is -0.000000105. The molecule has 0 fully saturated rings. The topological polar surface area (TPSA) is 29.5 Å². The molecule has 0 aromatic carbocycles. The monoisotopic (exact) mass is 148 g/mol. The van der Waals surface area contributed by atoms with Crippen LogP contribution in [0.3, 0.4) is 0 Å².